The smallest absolute Gasteiger partial charge is 0.224 e. The average Bonchev–Trinajstić information content (AvgIpc) is 2.96. The van der Waals surface area contributed by atoms with E-state index in [-0.39, 0.29) is 5.95 Å². The number of hydrogen-bond acceptors (Lipinski definition) is 8. The van der Waals surface area contributed by atoms with Crippen molar-refractivity contribution in [2.45, 2.75) is 25.0 Å². The van der Waals surface area contributed by atoms with Gasteiger partial charge in [0, 0.05) is 32.2 Å². The Morgan fingerprint density at radius 1 is 1.21 bits per heavy atom. The van der Waals surface area contributed by atoms with Crippen molar-refractivity contribution in [3.8, 4) is 0 Å². The third-order valence-corrected chi connectivity index (χ3v) is 5.90. The van der Waals surface area contributed by atoms with Crippen molar-refractivity contribution in [1.29, 1.82) is 0 Å². The summed E-state index contributed by atoms with van der Waals surface area (Å²) in [5.74, 6) is 3.42. The van der Waals surface area contributed by atoms with E-state index in [0.29, 0.717) is 18.2 Å². The first-order chi connectivity index (χ1) is 11.7. The van der Waals surface area contributed by atoms with Gasteiger partial charge in [-0.1, -0.05) is 0 Å². The highest BCUT2D eigenvalue weighted by Crippen LogP contribution is 2.26. The van der Waals surface area contributed by atoms with Crippen molar-refractivity contribution < 1.29 is 5.11 Å². The molecule has 0 unspecified atom stereocenters. The molecule has 0 saturated carbocycles. The largest absolute Gasteiger partial charge is 0.390 e. The molecule has 9 heteroatoms. The summed E-state index contributed by atoms with van der Waals surface area (Å²) in [6.07, 6.45) is 3.74. The second-order valence-corrected chi connectivity index (χ2v) is 7.70. The number of rotatable bonds is 2. The second-order valence-electron chi connectivity index (χ2n) is 6.48. The van der Waals surface area contributed by atoms with Gasteiger partial charge < -0.3 is 15.7 Å². The number of thioether (sulfide) groups is 1. The normalized spacial score (nSPS) is 24.4. The Morgan fingerprint density at radius 3 is 2.88 bits per heavy atom. The number of nitrogen functional groups attached to an aromatic ring is 1. The van der Waals surface area contributed by atoms with Gasteiger partial charge in [0.05, 0.1) is 17.7 Å². The van der Waals surface area contributed by atoms with Crippen molar-refractivity contribution in [2.75, 3.05) is 48.3 Å². The van der Waals surface area contributed by atoms with E-state index in [4.69, 9.17) is 5.73 Å². The van der Waals surface area contributed by atoms with Gasteiger partial charge >= 0.3 is 0 Å². The van der Waals surface area contributed by atoms with Crippen LogP contribution in [0.3, 0.4) is 0 Å². The summed E-state index contributed by atoms with van der Waals surface area (Å²) in [4.78, 5) is 13.1. The monoisotopic (exact) mass is 349 g/mol. The van der Waals surface area contributed by atoms with Gasteiger partial charge in [0.15, 0.2) is 5.65 Å². The highest BCUT2D eigenvalue weighted by molar-refractivity contribution is 7.99. The number of nitrogens with one attached hydrogen (secondary N) is 1. The highest BCUT2D eigenvalue weighted by Gasteiger charge is 2.29. The van der Waals surface area contributed by atoms with Crippen LogP contribution in [0.1, 0.15) is 12.8 Å². The van der Waals surface area contributed by atoms with Crippen LogP contribution in [-0.2, 0) is 0 Å². The molecule has 130 valence electrons. The van der Waals surface area contributed by atoms with E-state index < -0.39 is 6.10 Å². The van der Waals surface area contributed by atoms with Gasteiger partial charge in [0.1, 0.15) is 5.82 Å². The highest BCUT2D eigenvalue weighted by atomic mass is 32.2. The van der Waals surface area contributed by atoms with Gasteiger partial charge in [-0.15, -0.1) is 0 Å². The molecule has 4 rings (SSSR count). The Bertz CT molecular complexity index is 702. The van der Waals surface area contributed by atoms with Gasteiger partial charge in [0.2, 0.25) is 5.95 Å². The average molecular weight is 349 g/mol. The summed E-state index contributed by atoms with van der Waals surface area (Å²) in [7, 11) is 0. The zero-order valence-electron chi connectivity index (χ0n) is 13.6. The van der Waals surface area contributed by atoms with E-state index in [9.17, 15) is 5.11 Å². The lowest BCUT2D eigenvalue weighted by Crippen LogP contribution is -2.42. The van der Waals surface area contributed by atoms with E-state index >= 15 is 0 Å². The number of aliphatic hydroxyl groups excluding tert-OH is 1. The summed E-state index contributed by atoms with van der Waals surface area (Å²) >= 11 is 2.03. The van der Waals surface area contributed by atoms with Gasteiger partial charge in [-0.25, -0.2) is 0 Å². The number of aromatic amines is 1. The molecule has 2 aliphatic rings. The van der Waals surface area contributed by atoms with Crippen molar-refractivity contribution >= 4 is 34.6 Å². The summed E-state index contributed by atoms with van der Waals surface area (Å²) < 4.78 is 0. The zero-order valence-corrected chi connectivity index (χ0v) is 14.4. The number of fused-ring (bicyclic) bond motifs is 1. The van der Waals surface area contributed by atoms with Crippen LogP contribution in [0.4, 0.5) is 11.8 Å². The Morgan fingerprint density at radius 2 is 2.04 bits per heavy atom. The van der Waals surface area contributed by atoms with E-state index in [1.54, 1.807) is 6.20 Å². The number of nitrogens with two attached hydrogens (primary N) is 1. The first-order valence-corrected chi connectivity index (χ1v) is 9.57. The van der Waals surface area contributed by atoms with Gasteiger partial charge in [-0.05, 0) is 24.3 Å². The SMILES string of the molecule is Nc1nc(N2CCN(C3CCSCC3)C[C@H](O)C2)c2cn[nH]c2n1. The topological polar surface area (TPSA) is 107 Å². The lowest BCUT2D eigenvalue weighted by Gasteiger charge is -2.33. The molecule has 8 nitrogen and oxygen atoms in total. The summed E-state index contributed by atoms with van der Waals surface area (Å²) in [6, 6.07) is 0.588. The molecule has 1 atom stereocenters. The molecule has 0 aliphatic carbocycles. The third kappa shape index (κ3) is 3.15. The molecule has 2 aromatic heterocycles. The Kier molecular flexibility index (Phi) is 4.47. The van der Waals surface area contributed by atoms with Crippen molar-refractivity contribution in [3.05, 3.63) is 6.20 Å². The second kappa shape index (κ2) is 6.73. The molecular formula is C15H23N7OS. The van der Waals surface area contributed by atoms with Crippen molar-refractivity contribution in [2.24, 2.45) is 0 Å². The molecule has 4 heterocycles. The van der Waals surface area contributed by atoms with Crippen LogP contribution < -0.4 is 10.6 Å². The maximum Gasteiger partial charge on any atom is 0.224 e. The van der Waals surface area contributed by atoms with E-state index in [1.165, 1.54) is 24.3 Å². The number of H-pyrrole nitrogens is 1. The van der Waals surface area contributed by atoms with Gasteiger partial charge in [0.25, 0.3) is 0 Å². The summed E-state index contributed by atoms with van der Waals surface area (Å²) in [5.41, 5.74) is 6.47. The Hall–Kier alpha value is -1.58. The third-order valence-electron chi connectivity index (χ3n) is 4.85. The fourth-order valence-corrected chi connectivity index (χ4v) is 4.75. The quantitative estimate of drug-likeness (QED) is 0.711. The lowest BCUT2D eigenvalue weighted by atomic mass is 10.1. The number of β-amino-alcohol motifs (C(OH)–C–C–N with tert-alkyl or cyclic N) is 1. The molecule has 0 amide bonds. The predicted octanol–water partition coefficient (Wildman–Crippen LogP) is 0.314. The standard InChI is InChI=1S/C15H23N7OS/c16-15-18-13-12(7-17-20-13)14(19-15)22-4-3-21(8-11(23)9-22)10-1-5-24-6-2-10/h7,10-11,23H,1-6,8-9H2,(H3,16,17,18,19,20)/t11-/m0/s1. The molecule has 2 aromatic rings. The number of aromatic nitrogens is 4. The van der Waals surface area contributed by atoms with Crippen LogP contribution in [-0.4, -0.2) is 80.0 Å². The van der Waals surface area contributed by atoms with Gasteiger partial charge in [-0.2, -0.15) is 26.8 Å². The number of hydrogen-bond donors (Lipinski definition) is 3. The molecular weight excluding hydrogens is 326 g/mol. The van der Waals surface area contributed by atoms with Crippen LogP contribution in [0, 0.1) is 0 Å². The van der Waals surface area contributed by atoms with Crippen LogP contribution >= 0.6 is 11.8 Å². The van der Waals surface area contributed by atoms with Crippen molar-refractivity contribution in [1.82, 2.24) is 25.1 Å². The first kappa shape index (κ1) is 15.9. The Balaban J connectivity index is 1.57. The van der Waals surface area contributed by atoms with Crippen LogP contribution in [0.2, 0.25) is 0 Å². The maximum absolute atomic E-state index is 10.5. The van der Waals surface area contributed by atoms with E-state index in [2.05, 4.69) is 30.0 Å². The molecule has 4 N–H and O–H groups in total. The molecule has 2 saturated heterocycles. The van der Waals surface area contributed by atoms with Gasteiger partial charge in [-0.3, -0.25) is 10.00 Å². The van der Waals surface area contributed by atoms with Crippen LogP contribution in [0.15, 0.2) is 6.20 Å². The van der Waals surface area contributed by atoms with Crippen LogP contribution in [0.5, 0.6) is 0 Å². The van der Waals surface area contributed by atoms with Crippen LogP contribution in [0.25, 0.3) is 11.0 Å². The lowest BCUT2D eigenvalue weighted by molar-refractivity contribution is 0.103. The maximum atomic E-state index is 10.5. The van der Waals surface area contributed by atoms with Crippen molar-refractivity contribution in [3.63, 3.8) is 0 Å². The molecule has 0 bridgehead atoms. The van der Waals surface area contributed by atoms with E-state index in [0.717, 1.165) is 30.8 Å². The molecule has 0 aromatic carbocycles. The number of aliphatic hydroxyl groups is 1. The Labute approximate surface area is 144 Å². The molecule has 0 spiro atoms. The summed E-state index contributed by atoms with van der Waals surface area (Å²) in [6.45, 7) is 3.02. The zero-order chi connectivity index (χ0) is 16.5. The number of anilines is 2. The molecule has 2 aliphatic heterocycles. The molecule has 0 radical (unpaired) electrons. The minimum atomic E-state index is -0.403. The molecule has 24 heavy (non-hydrogen) atoms. The number of nitrogens with zero attached hydrogens (tertiary/aromatic N) is 5. The fourth-order valence-electron chi connectivity index (χ4n) is 3.67. The molecule has 2 fully saturated rings. The van der Waals surface area contributed by atoms with E-state index in [1.807, 2.05) is 11.8 Å². The summed E-state index contributed by atoms with van der Waals surface area (Å²) in [5, 5.41) is 18.3. The first-order valence-electron chi connectivity index (χ1n) is 8.42. The fraction of sp³-hybridized carbons (Fsp3) is 0.667. The minimum absolute atomic E-state index is 0.224. The minimum Gasteiger partial charge on any atom is -0.390 e. The predicted molar refractivity (Wildman–Crippen MR) is 96.2 cm³/mol.